The SMILES string of the molecule is Clc1ccc2sc3cc(N(c4ccccc4)c4cccc5c4sc4ccccc45)ccc3c2c1. The first-order valence-electron chi connectivity index (χ1n) is 11.1. The van der Waals surface area contributed by atoms with Crippen LogP contribution in [0.3, 0.4) is 0 Å². The summed E-state index contributed by atoms with van der Waals surface area (Å²) in [6.45, 7) is 0. The molecule has 162 valence electrons. The summed E-state index contributed by atoms with van der Waals surface area (Å²) in [5.41, 5.74) is 3.51. The number of nitrogens with zero attached hydrogens (tertiary/aromatic N) is 1. The largest absolute Gasteiger partial charge is 0.309 e. The Balaban J connectivity index is 1.50. The van der Waals surface area contributed by atoms with Crippen molar-refractivity contribution in [2.45, 2.75) is 0 Å². The lowest BCUT2D eigenvalue weighted by molar-refractivity contribution is 1.31. The quantitative estimate of drug-likeness (QED) is 0.237. The van der Waals surface area contributed by atoms with Crippen LogP contribution in [0.4, 0.5) is 17.1 Å². The summed E-state index contributed by atoms with van der Waals surface area (Å²) < 4.78 is 5.14. The molecule has 0 radical (unpaired) electrons. The molecule has 0 saturated carbocycles. The summed E-state index contributed by atoms with van der Waals surface area (Å²) in [6, 6.07) is 38.9. The fraction of sp³-hybridized carbons (Fsp3) is 0. The van der Waals surface area contributed by atoms with Crippen LogP contribution in [0.1, 0.15) is 0 Å². The maximum atomic E-state index is 6.30. The Hall–Kier alpha value is -3.37. The van der Waals surface area contributed by atoms with E-state index in [1.807, 2.05) is 28.7 Å². The van der Waals surface area contributed by atoms with E-state index < -0.39 is 0 Å². The molecule has 7 rings (SSSR count). The van der Waals surface area contributed by atoms with E-state index in [1.54, 1.807) is 0 Å². The van der Waals surface area contributed by atoms with Crippen molar-refractivity contribution in [3.63, 3.8) is 0 Å². The van der Waals surface area contributed by atoms with Crippen molar-refractivity contribution in [3.05, 3.63) is 114 Å². The molecule has 0 aliphatic rings. The molecule has 0 atom stereocenters. The number of halogens is 1. The van der Waals surface area contributed by atoms with Crippen LogP contribution in [-0.4, -0.2) is 0 Å². The van der Waals surface area contributed by atoms with Gasteiger partial charge in [-0.3, -0.25) is 0 Å². The fourth-order valence-electron chi connectivity index (χ4n) is 4.79. The number of benzene rings is 5. The zero-order chi connectivity index (χ0) is 22.6. The Morgan fingerprint density at radius 3 is 2.18 bits per heavy atom. The van der Waals surface area contributed by atoms with Gasteiger partial charge in [-0.05, 0) is 54.6 Å². The van der Waals surface area contributed by atoms with Crippen molar-refractivity contribution in [2.24, 2.45) is 0 Å². The zero-order valence-corrected chi connectivity index (χ0v) is 20.4. The molecule has 4 heteroatoms. The minimum absolute atomic E-state index is 0.777. The maximum absolute atomic E-state index is 6.30. The second-order valence-electron chi connectivity index (χ2n) is 8.35. The topological polar surface area (TPSA) is 3.24 Å². The zero-order valence-electron chi connectivity index (χ0n) is 18.0. The average Bonchev–Trinajstić information content (AvgIpc) is 3.43. The molecule has 0 unspecified atom stereocenters. The Morgan fingerprint density at radius 1 is 0.500 bits per heavy atom. The third-order valence-corrected chi connectivity index (χ3v) is 8.89. The van der Waals surface area contributed by atoms with Gasteiger partial charge in [0, 0.05) is 52.0 Å². The standard InChI is InChI=1S/C30H18ClNS2/c31-19-13-16-28-25(17-19)23-15-14-21(18-29(23)33-28)32(20-7-2-1-3-8-20)26-11-6-10-24-22-9-4-5-12-27(22)34-30(24)26/h1-18H. The van der Waals surface area contributed by atoms with E-state index in [0.29, 0.717) is 0 Å². The Bertz CT molecular complexity index is 1830. The van der Waals surface area contributed by atoms with E-state index in [1.165, 1.54) is 46.0 Å². The van der Waals surface area contributed by atoms with Gasteiger partial charge in [0.2, 0.25) is 0 Å². The molecule has 0 bridgehead atoms. The molecule has 2 aromatic heterocycles. The van der Waals surface area contributed by atoms with Crippen LogP contribution in [0.2, 0.25) is 5.02 Å². The second kappa shape index (κ2) is 7.85. The van der Waals surface area contributed by atoms with Crippen molar-refractivity contribution in [3.8, 4) is 0 Å². The molecule has 0 spiro atoms. The molecule has 2 heterocycles. The highest BCUT2D eigenvalue weighted by Crippen LogP contribution is 2.46. The molecule has 7 aromatic rings. The first-order chi connectivity index (χ1) is 16.8. The van der Waals surface area contributed by atoms with E-state index in [0.717, 1.165) is 16.4 Å². The van der Waals surface area contributed by atoms with Gasteiger partial charge in [0.25, 0.3) is 0 Å². The third-order valence-electron chi connectivity index (χ3n) is 6.31. The summed E-state index contributed by atoms with van der Waals surface area (Å²) in [4.78, 5) is 2.38. The monoisotopic (exact) mass is 491 g/mol. The van der Waals surface area contributed by atoms with E-state index in [9.17, 15) is 0 Å². The van der Waals surface area contributed by atoms with Gasteiger partial charge in [0.15, 0.2) is 0 Å². The van der Waals surface area contributed by atoms with Gasteiger partial charge in [-0.25, -0.2) is 0 Å². The van der Waals surface area contributed by atoms with Gasteiger partial charge in [0.05, 0.1) is 10.4 Å². The molecule has 5 aromatic carbocycles. The van der Waals surface area contributed by atoms with Gasteiger partial charge < -0.3 is 4.90 Å². The van der Waals surface area contributed by atoms with Crippen LogP contribution in [0.5, 0.6) is 0 Å². The minimum atomic E-state index is 0.777. The molecule has 34 heavy (non-hydrogen) atoms. The smallest absolute Gasteiger partial charge is 0.0640 e. The highest BCUT2D eigenvalue weighted by atomic mass is 35.5. The van der Waals surface area contributed by atoms with Gasteiger partial charge in [-0.2, -0.15) is 0 Å². The van der Waals surface area contributed by atoms with E-state index in [4.69, 9.17) is 11.6 Å². The maximum Gasteiger partial charge on any atom is 0.0640 e. The summed E-state index contributed by atoms with van der Waals surface area (Å²) in [7, 11) is 0. The molecule has 0 aliphatic heterocycles. The fourth-order valence-corrected chi connectivity index (χ4v) is 7.29. The number of fused-ring (bicyclic) bond motifs is 6. The predicted octanol–water partition coefficient (Wildman–Crippen LogP) is 10.5. The lowest BCUT2D eigenvalue weighted by atomic mass is 10.1. The highest BCUT2D eigenvalue weighted by molar-refractivity contribution is 7.26. The first kappa shape index (κ1) is 20.0. The summed E-state index contributed by atoms with van der Waals surface area (Å²) >= 11 is 9.98. The van der Waals surface area contributed by atoms with Crippen molar-refractivity contribution >= 4 is 91.7 Å². The van der Waals surface area contributed by atoms with E-state index in [-0.39, 0.29) is 0 Å². The van der Waals surface area contributed by atoms with Gasteiger partial charge in [0.1, 0.15) is 0 Å². The molecule has 1 nitrogen and oxygen atoms in total. The van der Waals surface area contributed by atoms with Crippen LogP contribution in [0.25, 0.3) is 40.3 Å². The minimum Gasteiger partial charge on any atom is -0.309 e. The Labute approximate surface area is 210 Å². The van der Waals surface area contributed by atoms with Crippen LogP contribution >= 0.6 is 34.3 Å². The number of hydrogen-bond acceptors (Lipinski definition) is 3. The van der Waals surface area contributed by atoms with Crippen LogP contribution in [-0.2, 0) is 0 Å². The lowest BCUT2D eigenvalue weighted by Crippen LogP contribution is -2.09. The summed E-state index contributed by atoms with van der Waals surface area (Å²) in [6.07, 6.45) is 0. The van der Waals surface area contributed by atoms with Crippen molar-refractivity contribution in [2.75, 3.05) is 4.90 Å². The molecular formula is C30H18ClNS2. The van der Waals surface area contributed by atoms with Crippen LogP contribution in [0.15, 0.2) is 109 Å². The first-order valence-corrected chi connectivity index (χ1v) is 13.1. The molecule has 0 fully saturated rings. The third kappa shape index (κ3) is 3.13. The Morgan fingerprint density at radius 2 is 1.26 bits per heavy atom. The highest BCUT2D eigenvalue weighted by Gasteiger charge is 2.18. The number of anilines is 3. The van der Waals surface area contributed by atoms with Gasteiger partial charge in [-0.15, -0.1) is 22.7 Å². The average molecular weight is 492 g/mol. The van der Waals surface area contributed by atoms with Crippen LogP contribution in [0, 0.1) is 0 Å². The molecule has 0 amide bonds. The summed E-state index contributed by atoms with van der Waals surface area (Å²) in [5.74, 6) is 0. The number of rotatable bonds is 3. The molecular weight excluding hydrogens is 474 g/mol. The molecule has 0 N–H and O–H groups in total. The van der Waals surface area contributed by atoms with E-state index in [2.05, 4.69) is 108 Å². The molecule has 0 saturated heterocycles. The van der Waals surface area contributed by atoms with Crippen molar-refractivity contribution < 1.29 is 0 Å². The second-order valence-corrected chi connectivity index (χ2v) is 10.9. The predicted molar refractivity (Wildman–Crippen MR) is 152 cm³/mol. The van der Waals surface area contributed by atoms with Crippen LogP contribution < -0.4 is 4.90 Å². The number of thiophene rings is 2. The van der Waals surface area contributed by atoms with Gasteiger partial charge in [-0.1, -0.05) is 66.2 Å². The van der Waals surface area contributed by atoms with Crippen molar-refractivity contribution in [1.29, 1.82) is 0 Å². The lowest BCUT2D eigenvalue weighted by Gasteiger charge is -2.26. The van der Waals surface area contributed by atoms with Crippen molar-refractivity contribution in [1.82, 2.24) is 0 Å². The van der Waals surface area contributed by atoms with Gasteiger partial charge >= 0.3 is 0 Å². The number of hydrogen-bond donors (Lipinski definition) is 0. The summed E-state index contributed by atoms with van der Waals surface area (Å²) in [5, 5.41) is 5.86. The number of para-hydroxylation sites is 1. The normalized spacial score (nSPS) is 11.7. The Kier molecular flexibility index (Phi) is 4.63. The van der Waals surface area contributed by atoms with E-state index >= 15 is 0 Å². The molecule has 0 aliphatic carbocycles.